The number of nitrogens with one attached hydrogen (secondary N) is 1. The third kappa shape index (κ3) is 3.06. The fourth-order valence-electron chi connectivity index (χ4n) is 1.00. The number of aromatic nitrogens is 4. The highest BCUT2D eigenvalue weighted by Gasteiger charge is 2.09. The fraction of sp³-hybridized carbons (Fsp3) is 0.250. The quantitative estimate of drug-likeness (QED) is 0.380. The van der Waals surface area contributed by atoms with Gasteiger partial charge in [-0.2, -0.15) is 0 Å². The van der Waals surface area contributed by atoms with Crippen LogP contribution in [0.4, 0.5) is 5.95 Å². The van der Waals surface area contributed by atoms with Crippen molar-refractivity contribution in [2.75, 3.05) is 11.7 Å². The number of aryl methyl sites for hydroxylation is 1. The van der Waals surface area contributed by atoms with E-state index in [4.69, 9.17) is 5.84 Å². The highest BCUT2D eigenvalue weighted by molar-refractivity contribution is 8.03. The van der Waals surface area contributed by atoms with Crippen LogP contribution >= 0.6 is 34.9 Å². The predicted octanol–water partition coefficient (Wildman–Crippen LogP) is 1.80. The lowest BCUT2D eigenvalue weighted by Crippen LogP contribution is -2.10. The summed E-state index contributed by atoms with van der Waals surface area (Å²) < 4.78 is 1.80. The summed E-state index contributed by atoms with van der Waals surface area (Å²) in [6.45, 7) is 1.94. The first-order valence-corrected chi connectivity index (χ1v) is 7.44. The number of nitrogens with zero attached hydrogens (tertiary/aromatic N) is 4. The van der Waals surface area contributed by atoms with Crippen LogP contribution in [-0.2, 0) is 0 Å². The van der Waals surface area contributed by atoms with Crippen molar-refractivity contribution in [2.45, 2.75) is 20.6 Å². The van der Waals surface area contributed by atoms with Gasteiger partial charge in [0.15, 0.2) is 8.68 Å². The molecule has 0 amide bonds. The Labute approximate surface area is 111 Å². The molecule has 0 spiro atoms. The molecule has 0 atom stereocenters. The van der Waals surface area contributed by atoms with Crippen LogP contribution in [0.2, 0.25) is 0 Å². The summed E-state index contributed by atoms with van der Waals surface area (Å²) in [6.07, 6.45) is 3.70. The van der Waals surface area contributed by atoms with Gasteiger partial charge in [-0.15, -0.1) is 10.2 Å². The van der Waals surface area contributed by atoms with Crippen LogP contribution in [0.1, 0.15) is 5.56 Å². The minimum atomic E-state index is 0.396. The second-order valence-electron chi connectivity index (χ2n) is 2.97. The normalized spacial score (nSPS) is 10.5. The molecule has 0 aliphatic rings. The van der Waals surface area contributed by atoms with Gasteiger partial charge >= 0.3 is 0 Å². The molecule has 0 unspecified atom stereocenters. The Morgan fingerprint density at radius 2 is 2.12 bits per heavy atom. The molecule has 0 aliphatic carbocycles. The molecule has 0 saturated heterocycles. The van der Waals surface area contributed by atoms with Crippen molar-refractivity contribution < 1.29 is 0 Å². The lowest BCUT2D eigenvalue weighted by molar-refractivity contribution is 0.947. The van der Waals surface area contributed by atoms with E-state index < -0.39 is 0 Å². The van der Waals surface area contributed by atoms with E-state index in [1.54, 1.807) is 29.3 Å². The van der Waals surface area contributed by atoms with Crippen molar-refractivity contribution in [3.8, 4) is 0 Å². The Balaban J connectivity index is 2.22. The number of hydrazine groups is 1. The van der Waals surface area contributed by atoms with Gasteiger partial charge in [0.05, 0.1) is 0 Å². The second-order valence-corrected chi connectivity index (χ2v) is 6.23. The van der Waals surface area contributed by atoms with E-state index in [1.165, 1.54) is 11.8 Å². The van der Waals surface area contributed by atoms with Crippen LogP contribution < -0.4 is 11.3 Å². The van der Waals surface area contributed by atoms with Crippen LogP contribution in [-0.4, -0.2) is 26.4 Å². The van der Waals surface area contributed by atoms with E-state index in [0.717, 1.165) is 19.3 Å². The molecule has 0 radical (unpaired) electrons. The third-order valence-corrected chi connectivity index (χ3v) is 4.86. The highest BCUT2D eigenvalue weighted by atomic mass is 32.2. The summed E-state index contributed by atoms with van der Waals surface area (Å²) >= 11 is 4.58. The van der Waals surface area contributed by atoms with Gasteiger partial charge in [0, 0.05) is 11.8 Å². The number of hydrogen-bond acceptors (Lipinski definition) is 9. The molecule has 0 aliphatic heterocycles. The molecule has 6 nitrogen and oxygen atoms in total. The zero-order chi connectivity index (χ0) is 12.3. The molecule has 3 N–H and O–H groups in total. The summed E-state index contributed by atoms with van der Waals surface area (Å²) in [5.74, 6) is 5.67. The molecule has 2 aromatic rings. The number of nitrogens with two attached hydrogens (primary N) is 1. The number of nitrogen functional groups attached to an aromatic ring is 1. The van der Waals surface area contributed by atoms with Gasteiger partial charge in [0.2, 0.25) is 5.95 Å². The van der Waals surface area contributed by atoms with Gasteiger partial charge in [-0.3, -0.25) is 5.43 Å². The Hall–Kier alpha value is -0.900. The van der Waals surface area contributed by atoms with Gasteiger partial charge < -0.3 is 0 Å². The van der Waals surface area contributed by atoms with E-state index in [-0.39, 0.29) is 0 Å². The fourth-order valence-corrected chi connectivity index (χ4v) is 3.40. The number of thioether (sulfide) groups is 1. The largest absolute Gasteiger partial charge is 0.292 e. The maximum Gasteiger partial charge on any atom is 0.238 e. The first-order valence-electron chi connectivity index (χ1n) is 4.58. The molecule has 9 heteroatoms. The van der Waals surface area contributed by atoms with Crippen LogP contribution in [0.15, 0.2) is 19.9 Å². The van der Waals surface area contributed by atoms with Crippen molar-refractivity contribution in [3.05, 3.63) is 11.8 Å². The second kappa shape index (κ2) is 5.63. The smallest absolute Gasteiger partial charge is 0.238 e. The van der Waals surface area contributed by atoms with E-state index >= 15 is 0 Å². The average Bonchev–Trinajstić information content (AvgIpc) is 2.80. The first kappa shape index (κ1) is 12.6. The summed E-state index contributed by atoms with van der Waals surface area (Å²) in [5.41, 5.74) is 3.41. The topological polar surface area (TPSA) is 89.6 Å². The van der Waals surface area contributed by atoms with Gasteiger partial charge in [0.1, 0.15) is 5.03 Å². The Morgan fingerprint density at radius 1 is 1.35 bits per heavy atom. The summed E-state index contributed by atoms with van der Waals surface area (Å²) in [5, 5.41) is 8.94. The first-order chi connectivity index (χ1) is 8.22. The van der Waals surface area contributed by atoms with Crippen molar-refractivity contribution in [2.24, 2.45) is 5.84 Å². The van der Waals surface area contributed by atoms with Crippen LogP contribution in [0.5, 0.6) is 0 Å². The third-order valence-electron chi connectivity index (χ3n) is 1.80. The molecule has 2 heterocycles. The molecule has 0 aromatic carbocycles. The van der Waals surface area contributed by atoms with Crippen LogP contribution in [0, 0.1) is 6.92 Å². The van der Waals surface area contributed by atoms with Gasteiger partial charge in [-0.25, -0.2) is 15.8 Å². The van der Waals surface area contributed by atoms with Crippen LogP contribution in [0.3, 0.4) is 0 Å². The molecule has 0 bridgehead atoms. The van der Waals surface area contributed by atoms with E-state index in [9.17, 15) is 0 Å². The minimum absolute atomic E-state index is 0.396. The zero-order valence-electron chi connectivity index (χ0n) is 9.17. The molecular formula is C8H10N6S3. The van der Waals surface area contributed by atoms with E-state index in [1.807, 2.05) is 13.2 Å². The maximum atomic E-state index is 5.27. The maximum absolute atomic E-state index is 5.27. The zero-order valence-corrected chi connectivity index (χ0v) is 11.6. The van der Waals surface area contributed by atoms with E-state index in [0.29, 0.717) is 5.95 Å². The van der Waals surface area contributed by atoms with Crippen molar-refractivity contribution >= 4 is 40.8 Å². The molecular weight excluding hydrogens is 276 g/mol. The minimum Gasteiger partial charge on any atom is -0.292 e. The standard InChI is InChI=1S/C8H10N6S3/c1-4-3-10-6(12-9)11-5(4)16-8-14-13-7(15-2)17-8/h3H,9H2,1-2H3,(H,10,11,12). The van der Waals surface area contributed by atoms with Crippen molar-refractivity contribution in [1.29, 1.82) is 0 Å². The summed E-state index contributed by atoms with van der Waals surface area (Å²) in [4.78, 5) is 8.29. The van der Waals surface area contributed by atoms with E-state index in [2.05, 4.69) is 25.6 Å². The SMILES string of the molecule is CSc1nnc(Sc2nc(NN)ncc2C)s1. The summed E-state index contributed by atoms with van der Waals surface area (Å²) in [6, 6.07) is 0. The molecule has 90 valence electrons. The highest BCUT2D eigenvalue weighted by Crippen LogP contribution is 2.33. The predicted molar refractivity (Wildman–Crippen MR) is 70.4 cm³/mol. The average molecular weight is 286 g/mol. The lowest BCUT2D eigenvalue weighted by Gasteiger charge is -2.03. The molecule has 2 aromatic heterocycles. The molecule has 0 saturated carbocycles. The molecule has 17 heavy (non-hydrogen) atoms. The van der Waals surface area contributed by atoms with Gasteiger partial charge in [-0.1, -0.05) is 23.1 Å². The monoisotopic (exact) mass is 286 g/mol. The van der Waals surface area contributed by atoms with Crippen molar-refractivity contribution in [3.63, 3.8) is 0 Å². The number of rotatable bonds is 4. The molecule has 2 rings (SSSR count). The van der Waals surface area contributed by atoms with Gasteiger partial charge in [-0.05, 0) is 24.9 Å². The Kier molecular flexibility index (Phi) is 4.15. The lowest BCUT2D eigenvalue weighted by atomic mass is 10.4. The van der Waals surface area contributed by atoms with Gasteiger partial charge in [0.25, 0.3) is 0 Å². The number of hydrogen-bond donors (Lipinski definition) is 2. The Morgan fingerprint density at radius 3 is 2.76 bits per heavy atom. The Bertz CT molecular complexity index is 514. The van der Waals surface area contributed by atoms with Crippen molar-refractivity contribution in [1.82, 2.24) is 20.2 Å². The number of anilines is 1. The van der Waals surface area contributed by atoms with Crippen LogP contribution in [0.25, 0.3) is 0 Å². The molecule has 0 fully saturated rings. The summed E-state index contributed by atoms with van der Waals surface area (Å²) in [7, 11) is 0.